The summed E-state index contributed by atoms with van der Waals surface area (Å²) in [5.41, 5.74) is 17.4. The lowest BCUT2D eigenvalue weighted by Crippen LogP contribution is -2.62. The fourth-order valence-corrected chi connectivity index (χ4v) is 6.43. The van der Waals surface area contributed by atoms with Gasteiger partial charge in [-0.1, -0.05) is 35.5 Å². The molecule has 4 rings (SSSR count). The lowest BCUT2D eigenvalue weighted by molar-refractivity contribution is -0.217. The Bertz CT molecular complexity index is 1760. The molecule has 2 aliphatic heterocycles. The number of ether oxygens (including phenoxy) is 1. The molecule has 1 aromatic carbocycles. The van der Waals surface area contributed by atoms with E-state index in [-0.39, 0.29) is 63.4 Å². The molecular weight excluding hydrogens is 764 g/mol. The van der Waals surface area contributed by atoms with Crippen molar-refractivity contribution in [1.29, 1.82) is 0 Å². The van der Waals surface area contributed by atoms with Crippen LogP contribution in [0.2, 0.25) is 0 Å². The Morgan fingerprint density at radius 3 is 2.31 bits per heavy atom. The van der Waals surface area contributed by atoms with Crippen LogP contribution in [0, 0.1) is 0 Å². The van der Waals surface area contributed by atoms with E-state index in [2.05, 4.69) is 41.9 Å². The molecule has 2 aliphatic rings. The summed E-state index contributed by atoms with van der Waals surface area (Å²) in [6.07, 6.45) is -5.63. The number of nitrogens with two attached hydrogens (primary N) is 3. The number of aliphatic carboxylic acids is 1. The minimum absolute atomic E-state index is 0.0341. The van der Waals surface area contributed by atoms with Crippen molar-refractivity contribution in [3.8, 4) is 0 Å². The van der Waals surface area contributed by atoms with Crippen molar-refractivity contribution in [3.63, 3.8) is 0 Å². The molecule has 23 nitrogen and oxygen atoms in total. The third-order valence-corrected chi connectivity index (χ3v) is 9.54. The van der Waals surface area contributed by atoms with Crippen LogP contribution in [-0.4, -0.2) is 146 Å². The number of aromatic nitrogens is 3. The number of carbonyl (C=O) groups is 6. The van der Waals surface area contributed by atoms with Crippen molar-refractivity contribution >= 4 is 41.5 Å². The molecule has 1 saturated heterocycles. The van der Waals surface area contributed by atoms with Gasteiger partial charge in [-0.25, -0.2) is 4.68 Å². The van der Waals surface area contributed by atoms with Gasteiger partial charge in [0.15, 0.2) is 12.1 Å². The number of rotatable bonds is 15. The van der Waals surface area contributed by atoms with Crippen molar-refractivity contribution in [1.82, 2.24) is 41.6 Å². The number of benzene rings is 1. The summed E-state index contributed by atoms with van der Waals surface area (Å²) in [5, 5.41) is 61.4. The molecule has 5 amide bonds. The second kappa shape index (κ2) is 21.7. The molecule has 3 heterocycles. The minimum Gasteiger partial charge on any atom is -0.481 e. The molecule has 1 fully saturated rings. The van der Waals surface area contributed by atoms with Gasteiger partial charge in [0.1, 0.15) is 42.1 Å². The van der Waals surface area contributed by atoms with E-state index >= 15 is 0 Å². The molecule has 23 heteroatoms. The van der Waals surface area contributed by atoms with E-state index in [1.54, 1.807) is 30.3 Å². The maximum atomic E-state index is 14.1. The average molecular weight is 817 g/mol. The molecule has 2 unspecified atom stereocenters. The Morgan fingerprint density at radius 2 is 1.62 bits per heavy atom. The number of amides is 5. The summed E-state index contributed by atoms with van der Waals surface area (Å²) in [6, 6.07) is 4.26. The van der Waals surface area contributed by atoms with Crippen LogP contribution in [-0.2, 0) is 39.9 Å². The van der Waals surface area contributed by atoms with E-state index in [9.17, 15) is 49.2 Å². The first-order valence-electron chi connectivity index (χ1n) is 18.8. The highest BCUT2D eigenvalue weighted by atomic mass is 16.5. The Balaban J connectivity index is 1.59. The Kier molecular flexibility index (Phi) is 16.8. The predicted molar refractivity (Wildman–Crippen MR) is 202 cm³/mol. The summed E-state index contributed by atoms with van der Waals surface area (Å²) in [5.74, 6) is -5.40. The second-order valence-corrected chi connectivity index (χ2v) is 13.9. The number of unbranched alkanes of at least 4 members (excludes halogenated alkanes) is 1. The minimum atomic E-state index is -1.71. The smallest absolute Gasteiger partial charge is 0.305 e. The third kappa shape index (κ3) is 12.9. The molecule has 2 aromatic rings. The van der Waals surface area contributed by atoms with Crippen molar-refractivity contribution in [3.05, 3.63) is 47.8 Å². The molecule has 15 N–H and O–H groups in total. The molecular formula is C35H52N12O11. The van der Waals surface area contributed by atoms with Gasteiger partial charge in [0.2, 0.25) is 23.6 Å². The lowest BCUT2D eigenvalue weighted by atomic mass is 9.94. The van der Waals surface area contributed by atoms with E-state index in [1.165, 1.54) is 10.9 Å². The van der Waals surface area contributed by atoms with Gasteiger partial charge in [0, 0.05) is 19.6 Å². The molecule has 1 aromatic heterocycles. The highest BCUT2D eigenvalue weighted by Crippen LogP contribution is 2.23. The van der Waals surface area contributed by atoms with E-state index in [0.29, 0.717) is 6.42 Å². The maximum absolute atomic E-state index is 14.1. The second-order valence-electron chi connectivity index (χ2n) is 13.9. The highest BCUT2D eigenvalue weighted by Gasteiger charge is 2.46. The van der Waals surface area contributed by atoms with Gasteiger partial charge in [0.05, 0.1) is 31.3 Å². The molecule has 318 valence electrons. The third-order valence-electron chi connectivity index (χ3n) is 9.54. The molecule has 2 bridgehead atoms. The van der Waals surface area contributed by atoms with E-state index in [1.807, 2.05) is 0 Å². The van der Waals surface area contributed by atoms with Gasteiger partial charge in [-0.3, -0.25) is 33.8 Å². The average Bonchev–Trinajstić information content (AvgIpc) is 3.67. The number of carboxylic acid groups (broad SMARTS) is 1. The van der Waals surface area contributed by atoms with E-state index < -0.39 is 103 Å². The SMILES string of the molecule is NC[C@H]1OC(C(=O)NCCCC[C@H]2C(=O)N[C@@H](CCCN=C(N)N)C(=O)NCC(=O)N[C@@H](CC(=O)O)C(=O)N[C@@H](Cc3ccccc3)c3cn2nn3)[C@@H](O)C(O)[C@@H]1O. The Labute approximate surface area is 332 Å². The van der Waals surface area contributed by atoms with Crippen molar-refractivity contribution in [2.75, 3.05) is 26.2 Å². The van der Waals surface area contributed by atoms with Gasteiger partial charge in [0.25, 0.3) is 5.91 Å². The van der Waals surface area contributed by atoms with Gasteiger partial charge in [-0.05, 0) is 44.1 Å². The zero-order chi connectivity index (χ0) is 42.4. The highest BCUT2D eigenvalue weighted by molar-refractivity contribution is 5.94. The largest absolute Gasteiger partial charge is 0.481 e. The first-order valence-corrected chi connectivity index (χ1v) is 18.8. The molecule has 0 spiro atoms. The predicted octanol–water partition coefficient (Wildman–Crippen LogP) is -5.06. The number of fused-ring (bicyclic) bond motifs is 2. The van der Waals surface area contributed by atoms with Crippen molar-refractivity contribution < 1.29 is 53.9 Å². The van der Waals surface area contributed by atoms with E-state index in [0.717, 1.165) is 5.56 Å². The number of nitrogens with zero attached hydrogens (tertiary/aromatic N) is 4. The number of aliphatic hydroxyl groups is 3. The van der Waals surface area contributed by atoms with Crippen molar-refractivity contribution in [2.24, 2.45) is 22.2 Å². The van der Waals surface area contributed by atoms with Gasteiger partial charge in [-0.2, -0.15) is 0 Å². The maximum Gasteiger partial charge on any atom is 0.305 e. The Morgan fingerprint density at radius 1 is 0.897 bits per heavy atom. The summed E-state index contributed by atoms with van der Waals surface area (Å²) in [7, 11) is 0. The topological polar surface area (TPSA) is 374 Å². The van der Waals surface area contributed by atoms with Crippen LogP contribution in [0.3, 0.4) is 0 Å². The lowest BCUT2D eigenvalue weighted by Gasteiger charge is -2.39. The zero-order valence-electron chi connectivity index (χ0n) is 31.6. The molecule has 0 aliphatic carbocycles. The van der Waals surface area contributed by atoms with Crippen molar-refractivity contribution in [2.45, 2.75) is 99.6 Å². The van der Waals surface area contributed by atoms with E-state index in [4.69, 9.17) is 21.9 Å². The normalized spacial score (nSPS) is 27.0. The molecule has 0 saturated carbocycles. The van der Waals surface area contributed by atoms with Gasteiger partial charge < -0.3 is 68.9 Å². The standard InChI is InChI=1S/C35H52N12O11/c36-15-24-27(51)28(52)29(53)30(58-24)34(57)39-11-5-4-10-23-33(56)43-19(9-6-12-40-35(37)38)31(54)41-16-25(48)42-21(14-26(49)50)32(55)44-20(22-17-47(23)46-45-22)13-18-7-2-1-3-8-18/h1-3,7-8,17,19-21,23-24,27-30,51-53H,4-6,9-16,36H2,(H,39,57)(H,41,54)(H,42,48)(H,43,56)(H,44,55)(H,49,50)(H4,37,38,40)/t19-,20-,21-,23-,24+,27+,28?,29-,30?/m0/s1. The summed E-state index contributed by atoms with van der Waals surface area (Å²) < 4.78 is 6.70. The number of carbonyl (C=O) groups excluding carboxylic acids is 5. The monoisotopic (exact) mass is 816 g/mol. The first kappa shape index (κ1) is 45.0. The number of nitrogens with one attached hydrogen (secondary N) is 5. The number of carboxylic acids is 1. The van der Waals surface area contributed by atoms with Crippen LogP contribution in [0.4, 0.5) is 0 Å². The molecule has 58 heavy (non-hydrogen) atoms. The van der Waals surface area contributed by atoms with Crippen LogP contribution in [0.5, 0.6) is 0 Å². The number of hydrogen-bond acceptors (Lipinski definition) is 14. The fraction of sp³-hybridized carbons (Fsp3) is 0.571. The molecule has 9 atom stereocenters. The number of guanidine groups is 1. The summed E-state index contributed by atoms with van der Waals surface area (Å²) in [6.45, 7) is -0.688. The van der Waals surface area contributed by atoms with Crippen LogP contribution in [0.15, 0.2) is 41.5 Å². The van der Waals surface area contributed by atoms with Crippen LogP contribution < -0.4 is 43.8 Å². The summed E-state index contributed by atoms with van der Waals surface area (Å²) >= 11 is 0. The Hall–Kier alpha value is -5.75. The van der Waals surface area contributed by atoms with Gasteiger partial charge >= 0.3 is 5.97 Å². The quantitative estimate of drug-likeness (QED) is 0.0455. The van der Waals surface area contributed by atoms with Crippen LogP contribution in [0.25, 0.3) is 0 Å². The first-order chi connectivity index (χ1) is 27.7. The summed E-state index contributed by atoms with van der Waals surface area (Å²) in [4.78, 5) is 82.4. The fourth-order valence-electron chi connectivity index (χ4n) is 6.43. The number of hydrogen-bond donors (Lipinski definition) is 12. The molecule has 0 radical (unpaired) electrons. The van der Waals surface area contributed by atoms with Gasteiger partial charge in [-0.15, -0.1) is 5.10 Å². The van der Waals surface area contributed by atoms with Crippen LogP contribution in [0.1, 0.15) is 61.9 Å². The number of aliphatic imine (C=N–C) groups is 1. The van der Waals surface area contributed by atoms with Crippen LogP contribution >= 0.6 is 0 Å². The zero-order valence-corrected chi connectivity index (χ0v) is 31.6. The number of aliphatic hydroxyl groups excluding tert-OH is 3.